The SMILES string of the molecule is Nc1nnc(CN2C=Nc3ccccc3S2(=O)=O)s1. The molecule has 2 N–H and O–H groups in total. The number of anilines is 1. The summed E-state index contributed by atoms with van der Waals surface area (Å²) >= 11 is 1.15. The number of nitrogen functional groups attached to an aromatic ring is 1. The van der Waals surface area contributed by atoms with Crippen LogP contribution in [0.25, 0.3) is 0 Å². The lowest BCUT2D eigenvalue weighted by Crippen LogP contribution is -2.31. The molecule has 0 unspecified atom stereocenters. The van der Waals surface area contributed by atoms with Crippen LogP contribution in [-0.2, 0) is 16.6 Å². The average Bonchev–Trinajstić information content (AvgIpc) is 2.79. The van der Waals surface area contributed by atoms with Crippen molar-refractivity contribution in [1.82, 2.24) is 14.5 Å². The molecule has 0 fully saturated rings. The third-order valence-electron chi connectivity index (χ3n) is 2.55. The van der Waals surface area contributed by atoms with Crippen LogP contribution in [0, 0.1) is 0 Å². The van der Waals surface area contributed by atoms with Crippen molar-refractivity contribution in [2.24, 2.45) is 4.99 Å². The molecule has 19 heavy (non-hydrogen) atoms. The number of sulfonamides is 1. The van der Waals surface area contributed by atoms with E-state index in [0.717, 1.165) is 15.6 Å². The lowest BCUT2D eigenvalue weighted by molar-refractivity contribution is 0.520. The molecule has 0 spiro atoms. The standard InChI is InChI=1S/C10H9N5O2S2/c11-10-14-13-9(18-10)5-15-6-12-7-3-1-2-4-8(7)19(15,16)17/h1-4,6H,5H2,(H2,11,14). The number of nitrogens with two attached hydrogens (primary N) is 1. The number of nitrogens with zero attached hydrogens (tertiary/aromatic N) is 4. The molecule has 98 valence electrons. The third kappa shape index (κ3) is 2.06. The van der Waals surface area contributed by atoms with E-state index >= 15 is 0 Å². The Morgan fingerprint density at radius 1 is 1.26 bits per heavy atom. The lowest BCUT2D eigenvalue weighted by Gasteiger charge is -2.22. The molecule has 2 aromatic rings. The maximum Gasteiger partial charge on any atom is 0.267 e. The fraction of sp³-hybridized carbons (Fsp3) is 0.100. The smallest absolute Gasteiger partial charge is 0.267 e. The Labute approximate surface area is 113 Å². The first-order chi connectivity index (χ1) is 9.07. The first-order valence-electron chi connectivity index (χ1n) is 5.30. The maximum atomic E-state index is 12.4. The van der Waals surface area contributed by atoms with Gasteiger partial charge in [0.15, 0.2) is 0 Å². The Balaban J connectivity index is 1.98. The van der Waals surface area contributed by atoms with E-state index in [0.29, 0.717) is 15.8 Å². The fourth-order valence-electron chi connectivity index (χ4n) is 1.69. The molecule has 0 saturated heterocycles. The van der Waals surface area contributed by atoms with Crippen LogP contribution in [-0.4, -0.2) is 29.3 Å². The molecule has 1 aromatic carbocycles. The molecule has 0 bridgehead atoms. The van der Waals surface area contributed by atoms with E-state index in [-0.39, 0.29) is 11.4 Å². The summed E-state index contributed by atoms with van der Waals surface area (Å²) in [6, 6.07) is 6.59. The van der Waals surface area contributed by atoms with Crippen LogP contribution >= 0.6 is 11.3 Å². The molecule has 9 heteroatoms. The largest absolute Gasteiger partial charge is 0.374 e. The minimum Gasteiger partial charge on any atom is -0.374 e. The number of rotatable bonds is 2. The van der Waals surface area contributed by atoms with Crippen LogP contribution in [0.3, 0.4) is 0 Å². The first-order valence-corrected chi connectivity index (χ1v) is 7.56. The molecule has 0 amide bonds. The van der Waals surface area contributed by atoms with Gasteiger partial charge in [-0.25, -0.2) is 17.7 Å². The van der Waals surface area contributed by atoms with Crippen LogP contribution < -0.4 is 5.73 Å². The van der Waals surface area contributed by atoms with Crippen LogP contribution in [0.15, 0.2) is 34.2 Å². The van der Waals surface area contributed by atoms with E-state index in [1.807, 2.05) is 0 Å². The highest BCUT2D eigenvalue weighted by Crippen LogP contribution is 2.30. The summed E-state index contributed by atoms with van der Waals surface area (Å²) in [5.74, 6) is 0. The topological polar surface area (TPSA) is 102 Å². The lowest BCUT2D eigenvalue weighted by atomic mass is 10.3. The van der Waals surface area contributed by atoms with E-state index in [4.69, 9.17) is 5.73 Å². The van der Waals surface area contributed by atoms with Crippen LogP contribution in [0.2, 0.25) is 0 Å². The van der Waals surface area contributed by atoms with E-state index in [2.05, 4.69) is 15.2 Å². The number of fused-ring (bicyclic) bond motifs is 1. The van der Waals surface area contributed by atoms with Crippen LogP contribution in [0.4, 0.5) is 10.8 Å². The molecular formula is C10H9N5O2S2. The van der Waals surface area contributed by atoms with Gasteiger partial charge in [0.05, 0.1) is 12.2 Å². The van der Waals surface area contributed by atoms with Crippen molar-refractivity contribution in [3.8, 4) is 0 Å². The number of aliphatic imine (C=N–C) groups is 1. The molecule has 1 aromatic heterocycles. The Morgan fingerprint density at radius 3 is 2.79 bits per heavy atom. The van der Waals surface area contributed by atoms with Crippen LogP contribution in [0.5, 0.6) is 0 Å². The quantitative estimate of drug-likeness (QED) is 0.890. The molecule has 7 nitrogen and oxygen atoms in total. The number of hydrogen-bond donors (Lipinski definition) is 1. The second kappa shape index (κ2) is 4.28. The second-order valence-corrected chi connectivity index (χ2v) is 6.75. The molecule has 0 saturated carbocycles. The van der Waals surface area contributed by atoms with Gasteiger partial charge in [-0.15, -0.1) is 10.2 Å². The van der Waals surface area contributed by atoms with E-state index in [9.17, 15) is 8.42 Å². The highest BCUT2D eigenvalue weighted by atomic mass is 32.2. The Morgan fingerprint density at radius 2 is 2.05 bits per heavy atom. The van der Waals surface area contributed by atoms with Gasteiger partial charge in [0.2, 0.25) is 5.13 Å². The zero-order chi connectivity index (χ0) is 13.5. The van der Waals surface area contributed by atoms with Gasteiger partial charge >= 0.3 is 0 Å². The van der Waals surface area contributed by atoms with E-state index in [1.165, 1.54) is 12.4 Å². The minimum absolute atomic E-state index is 0.0784. The molecule has 0 aliphatic carbocycles. The second-order valence-electron chi connectivity index (χ2n) is 3.80. The summed E-state index contributed by atoms with van der Waals surface area (Å²) in [6.45, 7) is 0.0784. The monoisotopic (exact) mass is 295 g/mol. The van der Waals surface area contributed by atoms with Gasteiger partial charge in [-0.2, -0.15) is 0 Å². The van der Waals surface area contributed by atoms with Gasteiger partial charge in [-0.05, 0) is 12.1 Å². The average molecular weight is 295 g/mol. The molecule has 3 rings (SSSR count). The summed E-state index contributed by atoms with van der Waals surface area (Å²) in [4.78, 5) is 4.31. The fourth-order valence-corrected chi connectivity index (χ4v) is 3.73. The Hall–Kier alpha value is -2.00. The molecule has 0 radical (unpaired) electrons. The highest BCUT2D eigenvalue weighted by molar-refractivity contribution is 7.89. The summed E-state index contributed by atoms with van der Waals surface area (Å²) in [7, 11) is -3.59. The normalized spacial score (nSPS) is 16.3. The predicted octanol–water partition coefficient (Wildman–Crippen LogP) is 0.985. The summed E-state index contributed by atoms with van der Waals surface area (Å²) in [5.41, 5.74) is 5.91. The number of benzene rings is 1. The summed E-state index contributed by atoms with van der Waals surface area (Å²) in [5, 5.41) is 8.29. The number of hydrogen-bond acceptors (Lipinski definition) is 7. The molecule has 0 atom stereocenters. The highest BCUT2D eigenvalue weighted by Gasteiger charge is 2.29. The van der Waals surface area contributed by atoms with Gasteiger partial charge in [0.25, 0.3) is 10.0 Å². The van der Waals surface area contributed by atoms with Crippen molar-refractivity contribution >= 4 is 38.5 Å². The Bertz CT molecular complexity index is 753. The van der Waals surface area contributed by atoms with Gasteiger partial charge < -0.3 is 5.73 Å². The van der Waals surface area contributed by atoms with Crippen molar-refractivity contribution in [3.05, 3.63) is 29.3 Å². The Kier molecular flexibility index (Phi) is 2.72. The maximum absolute atomic E-state index is 12.4. The van der Waals surface area contributed by atoms with Gasteiger partial charge in [0, 0.05) is 0 Å². The summed E-state index contributed by atoms with van der Waals surface area (Å²) < 4.78 is 25.9. The van der Waals surface area contributed by atoms with Gasteiger partial charge in [-0.1, -0.05) is 23.5 Å². The van der Waals surface area contributed by atoms with Gasteiger partial charge in [-0.3, -0.25) is 0 Å². The zero-order valence-electron chi connectivity index (χ0n) is 9.59. The number of aromatic nitrogens is 2. The zero-order valence-corrected chi connectivity index (χ0v) is 11.2. The molecule has 1 aliphatic heterocycles. The van der Waals surface area contributed by atoms with Crippen molar-refractivity contribution in [2.75, 3.05) is 5.73 Å². The minimum atomic E-state index is -3.59. The van der Waals surface area contributed by atoms with E-state index < -0.39 is 10.0 Å². The van der Waals surface area contributed by atoms with Crippen molar-refractivity contribution < 1.29 is 8.42 Å². The van der Waals surface area contributed by atoms with Gasteiger partial charge in [0.1, 0.15) is 16.2 Å². The number of para-hydroxylation sites is 1. The van der Waals surface area contributed by atoms with Crippen molar-refractivity contribution in [3.63, 3.8) is 0 Å². The molecular weight excluding hydrogens is 286 g/mol. The molecule has 2 heterocycles. The van der Waals surface area contributed by atoms with Crippen molar-refractivity contribution in [1.29, 1.82) is 0 Å². The third-order valence-corrected chi connectivity index (χ3v) is 5.03. The van der Waals surface area contributed by atoms with Crippen LogP contribution in [0.1, 0.15) is 5.01 Å². The first kappa shape index (κ1) is 12.1. The molecule has 1 aliphatic rings. The van der Waals surface area contributed by atoms with Crippen molar-refractivity contribution in [2.45, 2.75) is 11.4 Å². The predicted molar refractivity (Wildman–Crippen MR) is 71.6 cm³/mol. The summed E-state index contributed by atoms with van der Waals surface area (Å²) in [6.07, 6.45) is 1.29. The van der Waals surface area contributed by atoms with E-state index in [1.54, 1.807) is 18.2 Å².